The molecule has 0 saturated carbocycles. The van der Waals surface area contributed by atoms with Gasteiger partial charge in [-0.3, -0.25) is 5.32 Å². The van der Waals surface area contributed by atoms with Gasteiger partial charge in [-0.15, -0.1) is 0 Å². The topological polar surface area (TPSA) is 52.5 Å². The highest BCUT2D eigenvalue weighted by molar-refractivity contribution is 14.1. The van der Waals surface area contributed by atoms with Crippen LogP contribution >= 0.6 is 22.6 Å². The third-order valence-electron chi connectivity index (χ3n) is 1.04. The highest BCUT2D eigenvalue weighted by Gasteiger charge is 2.04. The molecule has 2 atom stereocenters. The Kier molecular flexibility index (Phi) is 6.71. The Morgan fingerprint density at radius 2 is 2.20 bits per heavy atom. The third-order valence-corrected chi connectivity index (χ3v) is 1.55. The first kappa shape index (κ1) is 10.6. The maximum absolute atomic E-state index is 9.12. The van der Waals surface area contributed by atoms with E-state index in [1.807, 2.05) is 6.92 Å². The average Bonchev–Trinajstić information content (AvgIpc) is 1.82. The molecule has 0 spiro atoms. The van der Waals surface area contributed by atoms with E-state index in [4.69, 9.17) is 10.2 Å². The van der Waals surface area contributed by atoms with Gasteiger partial charge in [0, 0.05) is 10.5 Å². The Bertz CT molecular complexity index is 80.1. The lowest BCUT2D eigenvalue weighted by atomic mass is 10.3. The molecule has 4 heteroatoms. The van der Waals surface area contributed by atoms with Gasteiger partial charge in [0.25, 0.3) is 0 Å². The smallest absolute Gasteiger partial charge is 0.105 e. The van der Waals surface area contributed by atoms with E-state index in [9.17, 15) is 0 Å². The van der Waals surface area contributed by atoms with Gasteiger partial charge in [-0.05, 0) is 6.42 Å². The van der Waals surface area contributed by atoms with Gasteiger partial charge in [-0.25, -0.2) is 0 Å². The van der Waals surface area contributed by atoms with E-state index in [-0.39, 0.29) is 6.61 Å². The van der Waals surface area contributed by atoms with Gasteiger partial charge < -0.3 is 10.2 Å². The lowest BCUT2D eigenvalue weighted by Gasteiger charge is -2.12. The predicted molar refractivity (Wildman–Crippen MR) is 49.2 cm³/mol. The van der Waals surface area contributed by atoms with Crippen molar-refractivity contribution in [2.24, 2.45) is 0 Å². The van der Waals surface area contributed by atoms with E-state index in [1.54, 1.807) is 0 Å². The fourth-order valence-electron chi connectivity index (χ4n) is 0.622. The molecule has 62 valence electrons. The molecule has 0 aliphatic rings. The summed E-state index contributed by atoms with van der Waals surface area (Å²) >= 11 is 2.25. The fourth-order valence-corrected chi connectivity index (χ4v) is 1.10. The van der Waals surface area contributed by atoms with Crippen LogP contribution < -0.4 is 5.32 Å². The maximum Gasteiger partial charge on any atom is 0.105 e. The zero-order valence-electron chi connectivity index (χ0n) is 6.05. The number of aliphatic hydroxyl groups is 2. The minimum absolute atomic E-state index is 0.0761. The van der Waals surface area contributed by atoms with Gasteiger partial charge in [-0.1, -0.05) is 29.5 Å². The summed E-state index contributed by atoms with van der Waals surface area (Å²) in [6, 6.07) is 0. The largest absolute Gasteiger partial charge is 0.395 e. The second-order valence-electron chi connectivity index (χ2n) is 2.21. The number of alkyl halides is 1. The molecule has 0 saturated heterocycles. The van der Waals surface area contributed by atoms with Crippen LogP contribution in [0.1, 0.15) is 13.3 Å². The molecule has 0 aliphatic heterocycles. The molecular formula is C6H14INO2. The number of hydrogen-bond acceptors (Lipinski definition) is 3. The number of halogens is 1. The summed E-state index contributed by atoms with van der Waals surface area (Å²) in [5, 5.41) is 20.3. The lowest BCUT2D eigenvalue weighted by Crippen LogP contribution is -2.32. The second-order valence-corrected chi connectivity index (χ2v) is 4.34. The Morgan fingerprint density at radius 3 is 2.60 bits per heavy atom. The molecule has 0 rings (SSSR count). The normalized spacial score (nSPS) is 16.8. The van der Waals surface area contributed by atoms with Gasteiger partial charge >= 0.3 is 0 Å². The maximum atomic E-state index is 9.12. The van der Waals surface area contributed by atoms with E-state index in [0.29, 0.717) is 10.5 Å². The highest BCUT2D eigenvalue weighted by atomic mass is 127. The molecule has 0 amide bonds. The molecule has 3 N–H and O–H groups in total. The van der Waals surface area contributed by atoms with Gasteiger partial charge in [0.2, 0.25) is 0 Å². The van der Waals surface area contributed by atoms with Crippen molar-refractivity contribution < 1.29 is 10.2 Å². The second kappa shape index (κ2) is 6.33. The molecule has 0 heterocycles. The first-order valence-electron chi connectivity index (χ1n) is 3.33. The number of nitrogens with one attached hydrogen (secondary N) is 1. The average molecular weight is 259 g/mol. The Morgan fingerprint density at radius 1 is 1.60 bits per heavy atom. The molecule has 2 unspecified atom stereocenters. The van der Waals surface area contributed by atoms with Crippen molar-refractivity contribution in [1.82, 2.24) is 5.32 Å². The van der Waals surface area contributed by atoms with Crippen molar-refractivity contribution in [2.45, 2.75) is 23.5 Å². The SMILES string of the molecule is CC(I)CC(O)NCCO. The molecule has 0 aromatic rings. The van der Waals surface area contributed by atoms with Gasteiger partial charge in [-0.2, -0.15) is 0 Å². The summed E-state index contributed by atoms with van der Waals surface area (Å²) in [5.74, 6) is 0. The van der Waals surface area contributed by atoms with Crippen LogP contribution in [-0.4, -0.2) is 33.5 Å². The first-order chi connectivity index (χ1) is 4.66. The van der Waals surface area contributed by atoms with E-state index < -0.39 is 6.23 Å². The van der Waals surface area contributed by atoms with Crippen molar-refractivity contribution >= 4 is 22.6 Å². The number of rotatable bonds is 5. The van der Waals surface area contributed by atoms with Gasteiger partial charge in [0.05, 0.1) is 6.61 Å². The molecule has 10 heavy (non-hydrogen) atoms. The van der Waals surface area contributed by atoms with Crippen LogP contribution in [-0.2, 0) is 0 Å². The monoisotopic (exact) mass is 259 g/mol. The van der Waals surface area contributed by atoms with E-state index in [1.165, 1.54) is 0 Å². The van der Waals surface area contributed by atoms with Crippen molar-refractivity contribution in [2.75, 3.05) is 13.2 Å². The number of hydrogen-bond donors (Lipinski definition) is 3. The molecule has 0 aromatic heterocycles. The summed E-state index contributed by atoms with van der Waals surface area (Å²) in [7, 11) is 0. The zero-order valence-corrected chi connectivity index (χ0v) is 8.21. The van der Waals surface area contributed by atoms with Crippen molar-refractivity contribution in [3.63, 3.8) is 0 Å². The van der Waals surface area contributed by atoms with Crippen LogP contribution in [0, 0.1) is 0 Å². The molecular weight excluding hydrogens is 245 g/mol. The van der Waals surface area contributed by atoms with Crippen LogP contribution in [0.15, 0.2) is 0 Å². The highest BCUT2D eigenvalue weighted by Crippen LogP contribution is 2.05. The van der Waals surface area contributed by atoms with Crippen LogP contribution in [0.4, 0.5) is 0 Å². The zero-order chi connectivity index (χ0) is 7.98. The fraction of sp³-hybridized carbons (Fsp3) is 1.00. The van der Waals surface area contributed by atoms with E-state index in [2.05, 4.69) is 27.9 Å². The van der Waals surface area contributed by atoms with Gasteiger partial charge in [0.1, 0.15) is 6.23 Å². The minimum atomic E-state index is -0.473. The predicted octanol–water partition coefficient (Wildman–Crippen LogP) is 0.100. The van der Waals surface area contributed by atoms with Gasteiger partial charge in [0.15, 0.2) is 0 Å². The first-order valence-corrected chi connectivity index (χ1v) is 4.57. The summed E-state index contributed by atoms with van der Waals surface area (Å²) in [4.78, 5) is 0. The van der Waals surface area contributed by atoms with Crippen LogP contribution in [0.25, 0.3) is 0 Å². The molecule has 0 radical (unpaired) electrons. The van der Waals surface area contributed by atoms with Crippen LogP contribution in [0.5, 0.6) is 0 Å². The minimum Gasteiger partial charge on any atom is -0.395 e. The third kappa shape index (κ3) is 6.73. The molecule has 0 aromatic carbocycles. The number of aliphatic hydroxyl groups excluding tert-OH is 2. The van der Waals surface area contributed by atoms with Crippen molar-refractivity contribution in [1.29, 1.82) is 0 Å². The summed E-state index contributed by atoms with van der Waals surface area (Å²) < 4.78 is 0.457. The molecule has 0 fully saturated rings. The summed E-state index contributed by atoms with van der Waals surface area (Å²) in [6.07, 6.45) is 0.250. The summed E-state index contributed by atoms with van der Waals surface area (Å²) in [6.45, 7) is 2.57. The quantitative estimate of drug-likeness (QED) is 0.373. The molecule has 0 aliphatic carbocycles. The lowest BCUT2D eigenvalue weighted by molar-refractivity contribution is 0.121. The van der Waals surface area contributed by atoms with E-state index >= 15 is 0 Å². The molecule has 0 bridgehead atoms. The Balaban J connectivity index is 3.16. The Labute approximate surface area is 75.0 Å². The van der Waals surface area contributed by atoms with Crippen LogP contribution in [0.3, 0.4) is 0 Å². The Hall–Kier alpha value is 0.610. The van der Waals surface area contributed by atoms with Crippen molar-refractivity contribution in [3.05, 3.63) is 0 Å². The van der Waals surface area contributed by atoms with E-state index in [0.717, 1.165) is 6.42 Å². The molecule has 3 nitrogen and oxygen atoms in total. The summed E-state index contributed by atoms with van der Waals surface area (Å²) in [5.41, 5.74) is 0. The van der Waals surface area contributed by atoms with Crippen molar-refractivity contribution in [3.8, 4) is 0 Å². The van der Waals surface area contributed by atoms with Crippen LogP contribution in [0.2, 0.25) is 0 Å². The standard InChI is InChI=1S/C6H14INO2/c1-5(7)4-6(10)8-2-3-9/h5-6,8-10H,2-4H2,1H3.